The summed E-state index contributed by atoms with van der Waals surface area (Å²) in [6.45, 7) is 0.932. The monoisotopic (exact) mass is 474 g/mol. The van der Waals surface area contributed by atoms with E-state index in [4.69, 9.17) is 9.47 Å². The first-order chi connectivity index (χ1) is 17.6. The fourth-order valence-electron chi connectivity index (χ4n) is 3.94. The van der Waals surface area contributed by atoms with Crippen molar-refractivity contribution in [3.8, 4) is 45.3 Å². The van der Waals surface area contributed by atoms with E-state index in [9.17, 15) is 10.2 Å². The van der Waals surface area contributed by atoms with Gasteiger partial charge in [0.25, 0.3) is 0 Å². The highest BCUT2D eigenvalue weighted by Crippen LogP contribution is 2.26. The highest BCUT2D eigenvalue weighted by Gasteiger charge is 2.03. The fraction of sp³-hybridized carbons (Fsp3) is 0.0625. The Morgan fingerprint density at radius 3 is 1.11 bits per heavy atom. The first-order valence-corrected chi connectivity index (χ1v) is 11.7. The molecule has 0 amide bonds. The molecule has 0 heterocycles. The number of phenols is 2. The van der Waals surface area contributed by atoms with Crippen molar-refractivity contribution in [3.05, 3.63) is 132 Å². The predicted octanol–water partition coefficient (Wildman–Crippen LogP) is 7.59. The number of rotatable bonds is 8. The lowest BCUT2D eigenvalue weighted by molar-refractivity contribution is 0.300. The van der Waals surface area contributed by atoms with Gasteiger partial charge in [-0.3, -0.25) is 0 Å². The molecule has 0 aliphatic rings. The van der Waals surface area contributed by atoms with Gasteiger partial charge >= 0.3 is 0 Å². The largest absolute Gasteiger partial charge is 0.508 e. The number of hydrogen-bond donors (Lipinski definition) is 2. The predicted molar refractivity (Wildman–Crippen MR) is 142 cm³/mol. The van der Waals surface area contributed by atoms with Crippen molar-refractivity contribution in [2.45, 2.75) is 13.2 Å². The second-order valence-corrected chi connectivity index (χ2v) is 8.54. The minimum atomic E-state index is 0.259. The van der Waals surface area contributed by atoms with E-state index in [0.717, 1.165) is 44.9 Å². The molecule has 4 nitrogen and oxygen atoms in total. The van der Waals surface area contributed by atoms with Crippen LogP contribution in [0.5, 0.6) is 23.0 Å². The molecule has 0 bridgehead atoms. The zero-order valence-corrected chi connectivity index (χ0v) is 19.7. The molecule has 5 aromatic rings. The van der Waals surface area contributed by atoms with Crippen LogP contribution in [0.15, 0.2) is 121 Å². The summed E-state index contributed by atoms with van der Waals surface area (Å²) in [5.74, 6) is 2.12. The van der Waals surface area contributed by atoms with E-state index in [0.29, 0.717) is 13.2 Å². The van der Waals surface area contributed by atoms with Crippen molar-refractivity contribution >= 4 is 0 Å². The van der Waals surface area contributed by atoms with E-state index in [-0.39, 0.29) is 11.5 Å². The van der Waals surface area contributed by atoms with Crippen molar-refractivity contribution in [3.63, 3.8) is 0 Å². The highest BCUT2D eigenvalue weighted by atomic mass is 16.5. The maximum absolute atomic E-state index is 9.46. The minimum absolute atomic E-state index is 0.259. The van der Waals surface area contributed by atoms with Crippen LogP contribution in [0.3, 0.4) is 0 Å². The normalized spacial score (nSPS) is 10.7. The van der Waals surface area contributed by atoms with E-state index < -0.39 is 0 Å². The molecule has 178 valence electrons. The quantitative estimate of drug-likeness (QED) is 0.243. The maximum atomic E-state index is 9.46. The van der Waals surface area contributed by atoms with Gasteiger partial charge in [-0.05, 0) is 88.0 Å². The van der Waals surface area contributed by atoms with Gasteiger partial charge in [0, 0.05) is 0 Å². The summed E-state index contributed by atoms with van der Waals surface area (Å²) < 4.78 is 12.0. The Kier molecular flexibility index (Phi) is 6.86. The van der Waals surface area contributed by atoms with Crippen LogP contribution in [0.4, 0.5) is 0 Å². The van der Waals surface area contributed by atoms with Crippen LogP contribution in [-0.4, -0.2) is 10.2 Å². The van der Waals surface area contributed by atoms with Crippen molar-refractivity contribution in [1.29, 1.82) is 0 Å². The van der Waals surface area contributed by atoms with Crippen LogP contribution >= 0.6 is 0 Å². The smallest absolute Gasteiger partial charge is 0.119 e. The molecular weight excluding hydrogens is 448 g/mol. The lowest BCUT2D eigenvalue weighted by Gasteiger charge is -2.11. The highest BCUT2D eigenvalue weighted by molar-refractivity contribution is 5.65. The van der Waals surface area contributed by atoms with Crippen molar-refractivity contribution in [1.82, 2.24) is 0 Å². The molecule has 0 saturated carbocycles. The van der Waals surface area contributed by atoms with Gasteiger partial charge < -0.3 is 19.7 Å². The Hall–Kier alpha value is -4.70. The number of hydrogen-bond acceptors (Lipinski definition) is 4. The van der Waals surface area contributed by atoms with Gasteiger partial charge in [0.05, 0.1) is 0 Å². The molecule has 4 heteroatoms. The van der Waals surface area contributed by atoms with Crippen LogP contribution in [0.2, 0.25) is 0 Å². The number of benzene rings is 5. The van der Waals surface area contributed by atoms with Gasteiger partial charge in [0.15, 0.2) is 0 Å². The molecule has 0 atom stereocenters. The van der Waals surface area contributed by atoms with Gasteiger partial charge in [-0.15, -0.1) is 0 Å². The molecule has 0 aromatic heterocycles. The van der Waals surface area contributed by atoms with E-state index in [1.807, 2.05) is 91.0 Å². The molecular formula is C32H26O4. The molecule has 0 saturated heterocycles. The zero-order valence-electron chi connectivity index (χ0n) is 19.7. The summed E-state index contributed by atoms with van der Waals surface area (Å²) in [5, 5.41) is 18.9. The Labute approximate surface area is 210 Å². The second kappa shape index (κ2) is 10.7. The van der Waals surface area contributed by atoms with Gasteiger partial charge in [0.1, 0.15) is 36.2 Å². The molecule has 2 N–H and O–H groups in total. The molecule has 5 rings (SSSR count). The summed E-state index contributed by atoms with van der Waals surface area (Å²) in [6.07, 6.45) is 0. The molecule has 0 aliphatic carbocycles. The Morgan fingerprint density at radius 1 is 0.417 bits per heavy atom. The molecule has 36 heavy (non-hydrogen) atoms. The van der Waals surface area contributed by atoms with E-state index >= 15 is 0 Å². The van der Waals surface area contributed by atoms with Crippen LogP contribution < -0.4 is 9.47 Å². The van der Waals surface area contributed by atoms with E-state index in [1.54, 1.807) is 24.3 Å². The van der Waals surface area contributed by atoms with Crippen molar-refractivity contribution < 1.29 is 19.7 Å². The van der Waals surface area contributed by atoms with Crippen LogP contribution in [0.1, 0.15) is 11.1 Å². The number of ether oxygens (including phenoxy) is 2. The lowest BCUT2D eigenvalue weighted by Crippen LogP contribution is -1.99. The summed E-state index contributed by atoms with van der Waals surface area (Å²) >= 11 is 0. The van der Waals surface area contributed by atoms with Gasteiger partial charge in [-0.1, -0.05) is 66.7 Å². The molecule has 0 fully saturated rings. The Balaban J connectivity index is 1.15. The third-order valence-corrected chi connectivity index (χ3v) is 5.91. The average Bonchev–Trinajstić information content (AvgIpc) is 2.93. The van der Waals surface area contributed by atoms with Crippen molar-refractivity contribution in [2.24, 2.45) is 0 Å². The van der Waals surface area contributed by atoms with Gasteiger partial charge in [-0.25, -0.2) is 0 Å². The SMILES string of the molecule is Oc1ccc(-c2ccc(OCc3cccc(COc4ccc(-c5ccc(O)cc5)cc4)c3)cc2)cc1. The summed E-state index contributed by atoms with van der Waals surface area (Å²) in [6, 6.07) is 38.4. The van der Waals surface area contributed by atoms with Crippen LogP contribution in [0, 0.1) is 0 Å². The standard InChI is InChI=1S/C32H26O4/c33-29-12-4-25(5-13-29)27-8-16-31(17-9-27)35-21-23-2-1-3-24(20-23)22-36-32-18-10-28(11-19-32)26-6-14-30(34)15-7-26/h1-20,33-34H,21-22H2. The summed E-state index contributed by atoms with van der Waals surface area (Å²) in [5.41, 5.74) is 6.36. The third-order valence-electron chi connectivity index (χ3n) is 5.91. The minimum Gasteiger partial charge on any atom is -0.508 e. The first kappa shape index (κ1) is 23.1. The third kappa shape index (κ3) is 5.86. The number of aromatic hydroxyl groups is 2. The second-order valence-electron chi connectivity index (χ2n) is 8.54. The number of phenolic OH excluding ortho intramolecular Hbond substituents is 2. The molecule has 0 spiro atoms. The van der Waals surface area contributed by atoms with E-state index in [2.05, 4.69) is 6.07 Å². The molecule has 0 unspecified atom stereocenters. The topological polar surface area (TPSA) is 58.9 Å². The van der Waals surface area contributed by atoms with E-state index in [1.165, 1.54) is 0 Å². The Morgan fingerprint density at radius 2 is 0.750 bits per heavy atom. The van der Waals surface area contributed by atoms with Gasteiger partial charge in [-0.2, -0.15) is 0 Å². The summed E-state index contributed by atoms with van der Waals surface area (Å²) in [4.78, 5) is 0. The first-order valence-electron chi connectivity index (χ1n) is 11.7. The van der Waals surface area contributed by atoms with Crippen LogP contribution in [-0.2, 0) is 13.2 Å². The molecule has 0 radical (unpaired) electrons. The molecule has 5 aromatic carbocycles. The lowest BCUT2D eigenvalue weighted by atomic mass is 10.1. The van der Waals surface area contributed by atoms with Gasteiger partial charge in [0.2, 0.25) is 0 Å². The Bertz CT molecular complexity index is 1300. The fourth-order valence-corrected chi connectivity index (χ4v) is 3.94. The van der Waals surface area contributed by atoms with Crippen molar-refractivity contribution in [2.75, 3.05) is 0 Å². The summed E-state index contributed by atoms with van der Waals surface area (Å²) in [7, 11) is 0. The zero-order chi connectivity index (χ0) is 24.7. The molecule has 0 aliphatic heterocycles. The van der Waals surface area contributed by atoms with Crippen LogP contribution in [0.25, 0.3) is 22.3 Å². The average molecular weight is 475 g/mol. The maximum Gasteiger partial charge on any atom is 0.119 e.